The lowest BCUT2D eigenvalue weighted by molar-refractivity contribution is 0.0950. The van der Waals surface area contributed by atoms with Gasteiger partial charge >= 0.3 is 0 Å². The molecule has 36 heavy (non-hydrogen) atoms. The van der Waals surface area contributed by atoms with Gasteiger partial charge in [0.25, 0.3) is 5.91 Å². The Kier molecular flexibility index (Phi) is 8.47. The van der Waals surface area contributed by atoms with Crippen LogP contribution in [0.15, 0.2) is 54.6 Å². The first-order valence-corrected chi connectivity index (χ1v) is 13.1. The SMILES string of the molecule is COc1cc(CNC(=O)c2ccc(CN(c3cc(C)ccc3C)S(C)(=O)=O)cc2)cc(OC)c1OC. The molecule has 0 saturated heterocycles. The Morgan fingerprint density at radius 1 is 0.861 bits per heavy atom. The van der Waals surface area contributed by atoms with Crippen LogP contribution in [0, 0.1) is 13.8 Å². The van der Waals surface area contributed by atoms with Gasteiger partial charge in [0.1, 0.15) is 0 Å². The fourth-order valence-corrected chi connectivity index (χ4v) is 4.76. The van der Waals surface area contributed by atoms with Crippen LogP contribution in [0.4, 0.5) is 5.69 Å². The highest BCUT2D eigenvalue weighted by molar-refractivity contribution is 7.92. The van der Waals surface area contributed by atoms with E-state index in [0.29, 0.717) is 28.5 Å². The quantitative estimate of drug-likeness (QED) is 0.437. The van der Waals surface area contributed by atoms with Gasteiger partial charge in [0.15, 0.2) is 11.5 Å². The third-order valence-corrected chi connectivity index (χ3v) is 6.88. The number of sulfonamides is 1. The molecule has 3 aromatic rings. The Morgan fingerprint density at radius 2 is 1.47 bits per heavy atom. The van der Waals surface area contributed by atoms with E-state index in [9.17, 15) is 13.2 Å². The predicted molar refractivity (Wildman–Crippen MR) is 141 cm³/mol. The van der Waals surface area contributed by atoms with Gasteiger partial charge in [-0.1, -0.05) is 24.3 Å². The number of carbonyl (C=O) groups is 1. The molecule has 0 atom stereocenters. The topological polar surface area (TPSA) is 94.2 Å². The van der Waals surface area contributed by atoms with Gasteiger partial charge in [-0.3, -0.25) is 9.10 Å². The second kappa shape index (κ2) is 11.3. The number of benzene rings is 3. The molecule has 1 N–H and O–H groups in total. The van der Waals surface area contributed by atoms with Crippen molar-refractivity contribution in [2.45, 2.75) is 26.9 Å². The van der Waals surface area contributed by atoms with Crippen LogP contribution in [0.5, 0.6) is 17.2 Å². The molecule has 3 rings (SSSR count). The summed E-state index contributed by atoms with van der Waals surface area (Å²) < 4.78 is 42.6. The molecule has 0 fully saturated rings. The van der Waals surface area contributed by atoms with Crippen LogP contribution < -0.4 is 23.8 Å². The number of anilines is 1. The van der Waals surface area contributed by atoms with Crippen LogP contribution in [0.25, 0.3) is 0 Å². The summed E-state index contributed by atoms with van der Waals surface area (Å²) in [7, 11) is 1.09. The van der Waals surface area contributed by atoms with E-state index >= 15 is 0 Å². The third kappa shape index (κ3) is 6.28. The second-order valence-corrected chi connectivity index (χ2v) is 10.4. The van der Waals surface area contributed by atoms with Gasteiger partial charge < -0.3 is 19.5 Å². The van der Waals surface area contributed by atoms with E-state index in [1.165, 1.54) is 31.9 Å². The summed E-state index contributed by atoms with van der Waals surface area (Å²) in [5.41, 5.74) is 4.50. The summed E-state index contributed by atoms with van der Waals surface area (Å²) in [4.78, 5) is 12.7. The van der Waals surface area contributed by atoms with Crippen LogP contribution in [0.3, 0.4) is 0 Å². The van der Waals surface area contributed by atoms with Gasteiger partial charge in [0.2, 0.25) is 15.8 Å². The number of hydrogen-bond acceptors (Lipinski definition) is 6. The smallest absolute Gasteiger partial charge is 0.251 e. The highest BCUT2D eigenvalue weighted by atomic mass is 32.2. The maximum Gasteiger partial charge on any atom is 0.251 e. The highest BCUT2D eigenvalue weighted by Crippen LogP contribution is 2.38. The lowest BCUT2D eigenvalue weighted by Gasteiger charge is -2.25. The lowest BCUT2D eigenvalue weighted by atomic mass is 10.1. The number of aryl methyl sites for hydroxylation is 2. The zero-order chi connectivity index (χ0) is 26.5. The van der Waals surface area contributed by atoms with E-state index in [1.54, 1.807) is 36.4 Å². The molecule has 0 aliphatic rings. The summed E-state index contributed by atoms with van der Waals surface area (Å²) in [6, 6.07) is 16.2. The standard InChI is InChI=1S/C27H32N2O6S/c1-18-7-8-19(2)23(13-18)29(36(6,31)32)17-20-9-11-22(12-10-20)27(30)28-16-21-14-24(33-3)26(35-5)25(15-21)34-4/h7-15H,16-17H2,1-6H3,(H,28,30). The van der Waals surface area contributed by atoms with E-state index in [-0.39, 0.29) is 19.0 Å². The first-order chi connectivity index (χ1) is 17.1. The minimum absolute atomic E-state index is 0.163. The van der Waals surface area contributed by atoms with Gasteiger partial charge in [-0.05, 0) is 66.4 Å². The molecule has 0 saturated carbocycles. The van der Waals surface area contributed by atoms with Crippen molar-refractivity contribution in [2.75, 3.05) is 31.9 Å². The average molecular weight is 513 g/mol. The monoisotopic (exact) mass is 512 g/mol. The van der Waals surface area contributed by atoms with E-state index < -0.39 is 10.0 Å². The second-order valence-electron chi connectivity index (χ2n) is 8.47. The molecule has 1 amide bonds. The first kappa shape index (κ1) is 26.9. The van der Waals surface area contributed by atoms with Crippen LogP contribution >= 0.6 is 0 Å². The van der Waals surface area contributed by atoms with E-state index in [2.05, 4.69) is 5.32 Å². The number of nitrogens with zero attached hydrogens (tertiary/aromatic N) is 1. The molecule has 0 unspecified atom stereocenters. The predicted octanol–water partition coefficient (Wildman–Crippen LogP) is 4.23. The normalized spacial score (nSPS) is 11.1. The minimum atomic E-state index is -3.51. The van der Waals surface area contributed by atoms with Crippen molar-refractivity contribution >= 4 is 21.6 Å². The largest absolute Gasteiger partial charge is 0.493 e. The molecule has 0 bridgehead atoms. The van der Waals surface area contributed by atoms with Crippen LogP contribution in [0.1, 0.15) is 32.6 Å². The fraction of sp³-hybridized carbons (Fsp3) is 0.296. The summed E-state index contributed by atoms with van der Waals surface area (Å²) in [5, 5.41) is 2.88. The van der Waals surface area contributed by atoms with Gasteiger partial charge in [-0.15, -0.1) is 0 Å². The maximum atomic E-state index is 12.7. The number of hydrogen-bond donors (Lipinski definition) is 1. The molecule has 3 aromatic carbocycles. The maximum absolute atomic E-state index is 12.7. The zero-order valence-electron chi connectivity index (χ0n) is 21.4. The van der Waals surface area contributed by atoms with Gasteiger partial charge in [-0.2, -0.15) is 0 Å². The van der Waals surface area contributed by atoms with Gasteiger partial charge in [0.05, 0.1) is 39.8 Å². The molecule has 8 nitrogen and oxygen atoms in total. The average Bonchev–Trinajstić information content (AvgIpc) is 2.86. The lowest BCUT2D eigenvalue weighted by Crippen LogP contribution is -2.30. The van der Waals surface area contributed by atoms with Crippen LogP contribution in [-0.4, -0.2) is 41.9 Å². The van der Waals surface area contributed by atoms with Gasteiger partial charge in [-0.25, -0.2) is 8.42 Å². The van der Waals surface area contributed by atoms with Crippen LogP contribution in [-0.2, 0) is 23.1 Å². The van der Waals surface area contributed by atoms with Crippen molar-refractivity contribution in [2.24, 2.45) is 0 Å². The molecule has 0 radical (unpaired) electrons. The molecule has 192 valence electrons. The van der Waals surface area contributed by atoms with Crippen LogP contribution in [0.2, 0.25) is 0 Å². The number of methoxy groups -OCH3 is 3. The third-order valence-electron chi connectivity index (χ3n) is 5.75. The Hall–Kier alpha value is -3.72. The summed E-state index contributed by atoms with van der Waals surface area (Å²) >= 11 is 0. The number of rotatable bonds is 10. The Bertz CT molecular complexity index is 1310. The highest BCUT2D eigenvalue weighted by Gasteiger charge is 2.20. The van der Waals surface area contributed by atoms with Crippen molar-refractivity contribution in [1.82, 2.24) is 5.32 Å². The molecule has 0 aliphatic heterocycles. The van der Waals surface area contributed by atoms with E-state index in [4.69, 9.17) is 14.2 Å². The molecule has 0 aromatic heterocycles. The molecular weight excluding hydrogens is 480 g/mol. The molecule has 9 heteroatoms. The number of nitrogens with one attached hydrogen (secondary N) is 1. The molecule has 0 spiro atoms. The Morgan fingerprint density at radius 3 is 2.00 bits per heavy atom. The zero-order valence-corrected chi connectivity index (χ0v) is 22.2. The molecular formula is C27H32N2O6S. The van der Waals surface area contributed by atoms with E-state index in [0.717, 1.165) is 22.3 Å². The molecule has 0 aliphatic carbocycles. The Balaban J connectivity index is 1.74. The van der Waals surface area contributed by atoms with Crippen molar-refractivity contribution in [1.29, 1.82) is 0 Å². The summed E-state index contributed by atoms with van der Waals surface area (Å²) in [6.45, 7) is 4.23. The minimum Gasteiger partial charge on any atom is -0.493 e. The first-order valence-electron chi connectivity index (χ1n) is 11.3. The number of carbonyl (C=O) groups excluding carboxylic acids is 1. The summed E-state index contributed by atoms with van der Waals surface area (Å²) in [5.74, 6) is 1.23. The fourth-order valence-electron chi connectivity index (χ4n) is 3.82. The summed E-state index contributed by atoms with van der Waals surface area (Å²) in [6.07, 6.45) is 1.19. The van der Waals surface area contributed by atoms with E-state index in [1.807, 2.05) is 32.0 Å². The number of amides is 1. The van der Waals surface area contributed by atoms with Crippen molar-refractivity contribution in [3.8, 4) is 17.2 Å². The van der Waals surface area contributed by atoms with Gasteiger partial charge in [0, 0.05) is 12.1 Å². The van der Waals surface area contributed by atoms with Crippen molar-refractivity contribution in [3.05, 3.63) is 82.4 Å². The Labute approximate surface area is 212 Å². The molecule has 0 heterocycles. The van der Waals surface area contributed by atoms with Crippen molar-refractivity contribution < 1.29 is 27.4 Å². The van der Waals surface area contributed by atoms with Crippen molar-refractivity contribution in [3.63, 3.8) is 0 Å². The number of ether oxygens (including phenoxy) is 3.